The summed E-state index contributed by atoms with van der Waals surface area (Å²) in [7, 11) is 1.59. The highest BCUT2D eigenvalue weighted by Crippen LogP contribution is 2.29. The van der Waals surface area contributed by atoms with Crippen molar-refractivity contribution in [3.8, 4) is 23.0 Å². The molecule has 2 unspecified atom stereocenters. The van der Waals surface area contributed by atoms with Gasteiger partial charge in [-0.1, -0.05) is 59.6 Å². The van der Waals surface area contributed by atoms with E-state index < -0.39 is 12.1 Å². The van der Waals surface area contributed by atoms with Gasteiger partial charge < -0.3 is 30.2 Å². The number of ketones is 1. The SMILES string of the molecule is COc1ccccc1CCC(=O)NC(N)C(Cc1c[nH]c2ccccc12)C(=O)COc1ccc(Oc2cc(Cl)cc(Cl)c2)cc1. The molecule has 0 aliphatic heterocycles. The summed E-state index contributed by atoms with van der Waals surface area (Å²) in [5, 5.41) is 4.75. The summed E-state index contributed by atoms with van der Waals surface area (Å²) in [5.74, 6) is 0.981. The molecule has 2 atom stereocenters. The van der Waals surface area contributed by atoms with Crippen LogP contribution >= 0.6 is 23.2 Å². The number of ether oxygens (including phenoxy) is 3. The maximum absolute atomic E-state index is 13.6. The molecule has 5 aromatic rings. The van der Waals surface area contributed by atoms with Gasteiger partial charge in [-0.3, -0.25) is 9.59 Å². The summed E-state index contributed by atoms with van der Waals surface area (Å²) >= 11 is 12.1. The van der Waals surface area contributed by atoms with Crippen LogP contribution in [0.3, 0.4) is 0 Å². The van der Waals surface area contributed by atoms with Crippen molar-refractivity contribution in [3.05, 3.63) is 118 Å². The molecule has 1 heterocycles. The first-order valence-corrected chi connectivity index (χ1v) is 15.2. The number of Topliss-reactive ketones (excluding diaryl/α,β-unsaturated/α-hetero) is 1. The van der Waals surface area contributed by atoms with E-state index in [0.717, 1.165) is 22.0 Å². The molecule has 0 aliphatic rings. The van der Waals surface area contributed by atoms with Crippen molar-refractivity contribution in [2.24, 2.45) is 11.7 Å². The van der Waals surface area contributed by atoms with Gasteiger partial charge in [-0.05, 0) is 78.6 Å². The summed E-state index contributed by atoms with van der Waals surface area (Å²) in [6.07, 6.45) is 1.91. The van der Waals surface area contributed by atoms with Crippen LogP contribution in [0.5, 0.6) is 23.0 Å². The molecule has 1 amide bonds. The minimum Gasteiger partial charge on any atom is -0.496 e. The van der Waals surface area contributed by atoms with Gasteiger partial charge >= 0.3 is 0 Å². The van der Waals surface area contributed by atoms with Crippen molar-refractivity contribution in [2.45, 2.75) is 25.4 Å². The molecular weight excluding hydrogens is 613 g/mol. The molecule has 4 aromatic carbocycles. The largest absolute Gasteiger partial charge is 0.496 e. The second kappa shape index (κ2) is 15.0. The number of fused-ring (bicyclic) bond motifs is 1. The van der Waals surface area contributed by atoms with E-state index in [1.54, 1.807) is 49.6 Å². The molecule has 0 saturated heterocycles. The summed E-state index contributed by atoms with van der Waals surface area (Å²) in [6, 6.07) is 27.1. The lowest BCUT2D eigenvalue weighted by Crippen LogP contribution is -2.51. The van der Waals surface area contributed by atoms with E-state index in [4.69, 9.17) is 43.1 Å². The normalized spacial score (nSPS) is 12.4. The molecule has 0 spiro atoms. The zero-order chi connectivity index (χ0) is 31.8. The summed E-state index contributed by atoms with van der Waals surface area (Å²) < 4.78 is 17.1. The molecule has 0 radical (unpaired) electrons. The first kappa shape index (κ1) is 31.9. The molecule has 10 heteroatoms. The van der Waals surface area contributed by atoms with E-state index in [-0.39, 0.29) is 24.7 Å². The van der Waals surface area contributed by atoms with Crippen LogP contribution in [0.1, 0.15) is 17.5 Å². The topological polar surface area (TPSA) is 116 Å². The Bertz CT molecular complexity index is 1750. The van der Waals surface area contributed by atoms with E-state index in [0.29, 0.717) is 45.9 Å². The minimum atomic E-state index is -0.930. The van der Waals surface area contributed by atoms with Gasteiger partial charge in [0.15, 0.2) is 5.78 Å². The summed E-state index contributed by atoms with van der Waals surface area (Å²) in [4.78, 5) is 29.8. The van der Waals surface area contributed by atoms with E-state index in [2.05, 4.69) is 10.3 Å². The molecule has 1 aromatic heterocycles. The maximum atomic E-state index is 13.6. The van der Waals surface area contributed by atoms with Gasteiger partial charge in [0.05, 0.1) is 19.2 Å². The minimum absolute atomic E-state index is 0.189. The van der Waals surface area contributed by atoms with E-state index in [9.17, 15) is 9.59 Å². The predicted molar refractivity (Wildman–Crippen MR) is 176 cm³/mol. The van der Waals surface area contributed by atoms with Crippen LogP contribution in [0, 0.1) is 5.92 Å². The first-order chi connectivity index (χ1) is 21.8. The number of nitrogens with one attached hydrogen (secondary N) is 2. The van der Waals surface area contributed by atoms with Gasteiger partial charge in [-0.25, -0.2) is 0 Å². The van der Waals surface area contributed by atoms with E-state index >= 15 is 0 Å². The number of aryl methyl sites for hydroxylation is 1. The zero-order valence-corrected chi connectivity index (χ0v) is 26.1. The number of para-hydroxylation sites is 2. The maximum Gasteiger partial charge on any atom is 0.221 e. The van der Waals surface area contributed by atoms with Gasteiger partial charge in [0.1, 0.15) is 29.6 Å². The van der Waals surface area contributed by atoms with Crippen LogP contribution in [0.25, 0.3) is 10.9 Å². The Morgan fingerprint density at radius 1 is 0.867 bits per heavy atom. The number of hydrogen-bond acceptors (Lipinski definition) is 6. The highest BCUT2D eigenvalue weighted by Gasteiger charge is 2.28. The number of carbonyl (C=O) groups is 2. The molecule has 0 aliphatic carbocycles. The second-order valence-corrected chi connectivity index (χ2v) is 11.4. The molecule has 4 N–H and O–H groups in total. The smallest absolute Gasteiger partial charge is 0.221 e. The van der Waals surface area contributed by atoms with Gasteiger partial charge in [0.2, 0.25) is 5.91 Å². The van der Waals surface area contributed by atoms with Crippen LogP contribution in [0.15, 0.2) is 97.2 Å². The van der Waals surface area contributed by atoms with E-state index in [1.165, 1.54) is 0 Å². The zero-order valence-electron chi connectivity index (χ0n) is 24.6. The third kappa shape index (κ3) is 8.57. The number of methoxy groups -OCH3 is 1. The highest BCUT2D eigenvalue weighted by molar-refractivity contribution is 6.34. The average molecular weight is 647 g/mol. The second-order valence-electron chi connectivity index (χ2n) is 10.5. The Kier molecular flexibility index (Phi) is 10.6. The molecular formula is C35H33Cl2N3O5. The van der Waals surface area contributed by atoms with Crippen LogP contribution in [0.4, 0.5) is 0 Å². The lowest BCUT2D eigenvalue weighted by molar-refractivity contribution is -0.127. The monoisotopic (exact) mass is 645 g/mol. The average Bonchev–Trinajstić information content (AvgIpc) is 3.44. The Morgan fingerprint density at radius 3 is 2.31 bits per heavy atom. The number of rotatable bonds is 14. The fourth-order valence-corrected chi connectivity index (χ4v) is 5.59. The molecule has 0 fully saturated rings. The summed E-state index contributed by atoms with van der Waals surface area (Å²) in [6.45, 7) is -0.234. The third-order valence-corrected chi connectivity index (χ3v) is 7.82. The van der Waals surface area contributed by atoms with Crippen LogP contribution in [-0.2, 0) is 22.4 Å². The van der Waals surface area contributed by atoms with Crippen molar-refractivity contribution < 1.29 is 23.8 Å². The Balaban J connectivity index is 1.24. The van der Waals surface area contributed by atoms with Gasteiger partial charge in [0, 0.05) is 33.6 Å². The number of H-pyrrole nitrogens is 1. The Hall–Kier alpha value is -4.50. The van der Waals surface area contributed by atoms with Crippen LogP contribution < -0.4 is 25.3 Å². The van der Waals surface area contributed by atoms with Crippen molar-refractivity contribution in [3.63, 3.8) is 0 Å². The number of hydrogen-bond donors (Lipinski definition) is 3. The molecule has 0 saturated carbocycles. The number of halogens is 2. The fourth-order valence-electron chi connectivity index (χ4n) is 5.08. The van der Waals surface area contributed by atoms with E-state index in [1.807, 2.05) is 54.7 Å². The van der Waals surface area contributed by atoms with Crippen molar-refractivity contribution in [1.82, 2.24) is 10.3 Å². The Morgan fingerprint density at radius 2 is 1.56 bits per heavy atom. The standard InChI is InChI=1S/C35H33Cl2N3O5/c1-43-33-9-5-2-6-22(33)10-15-34(42)40-35(38)30(16-23-20-39-31-8-4-3-7-29(23)31)32(41)21-44-26-11-13-27(14-12-26)45-28-18-24(36)17-25(37)19-28/h2-9,11-14,17-20,30,35,39H,10,15-16,21,38H2,1H3,(H,40,42). The number of nitrogens with two attached hydrogens (primary N) is 1. The van der Waals surface area contributed by atoms with Gasteiger partial charge in [0.25, 0.3) is 0 Å². The van der Waals surface area contributed by atoms with Crippen molar-refractivity contribution in [2.75, 3.05) is 13.7 Å². The number of amides is 1. The quantitative estimate of drug-likeness (QED) is 0.111. The molecule has 45 heavy (non-hydrogen) atoms. The van der Waals surface area contributed by atoms with Crippen LogP contribution in [-0.4, -0.2) is 36.6 Å². The lowest BCUT2D eigenvalue weighted by Gasteiger charge is -2.24. The van der Waals surface area contributed by atoms with Crippen molar-refractivity contribution >= 4 is 45.8 Å². The molecule has 8 nitrogen and oxygen atoms in total. The fraction of sp³-hybridized carbons (Fsp3) is 0.200. The van der Waals surface area contributed by atoms with Gasteiger partial charge in [-0.15, -0.1) is 0 Å². The first-order valence-electron chi connectivity index (χ1n) is 14.4. The molecule has 232 valence electrons. The summed E-state index contributed by atoms with van der Waals surface area (Å²) in [5.41, 5.74) is 9.30. The number of carbonyl (C=O) groups excluding carboxylic acids is 2. The number of aromatic nitrogens is 1. The third-order valence-electron chi connectivity index (χ3n) is 7.38. The van der Waals surface area contributed by atoms with Gasteiger partial charge in [-0.2, -0.15) is 0 Å². The number of benzene rings is 4. The lowest BCUT2D eigenvalue weighted by atomic mass is 9.92. The molecule has 0 bridgehead atoms. The predicted octanol–water partition coefficient (Wildman–Crippen LogP) is 7.12. The Labute approximate surface area is 271 Å². The number of aromatic amines is 1. The van der Waals surface area contributed by atoms with Crippen LogP contribution in [0.2, 0.25) is 10.0 Å². The highest BCUT2D eigenvalue weighted by atomic mass is 35.5. The van der Waals surface area contributed by atoms with Crippen molar-refractivity contribution in [1.29, 1.82) is 0 Å². The molecule has 5 rings (SSSR count).